The minimum Gasteiger partial charge on any atom is -0.497 e. The van der Waals surface area contributed by atoms with Gasteiger partial charge in [-0.15, -0.1) is 0 Å². The molecule has 2 aromatic rings. The van der Waals surface area contributed by atoms with Crippen LogP contribution in [0.25, 0.3) is 0 Å². The number of unbranched alkanes of at least 4 members (excludes halogenated alkanes) is 1. The summed E-state index contributed by atoms with van der Waals surface area (Å²) >= 11 is 0. The highest BCUT2D eigenvalue weighted by atomic mass is 16.5. The van der Waals surface area contributed by atoms with Gasteiger partial charge in [0.2, 0.25) is 5.75 Å². The maximum Gasteiger partial charge on any atom is 0.328 e. The molecule has 9 nitrogen and oxygen atoms in total. The van der Waals surface area contributed by atoms with Crippen LogP contribution in [0.2, 0.25) is 0 Å². The third-order valence-corrected chi connectivity index (χ3v) is 6.59. The van der Waals surface area contributed by atoms with E-state index in [1.165, 1.54) is 38.4 Å². The van der Waals surface area contributed by atoms with Crippen molar-refractivity contribution in [1.82, 2.24) is 4.90 Å². The molecular weight excluding hydrogens is 478 g/mol. The van der Waals surface area contributed by atoms with Gasteiger partial charge in [-0.3, -0.25) is 9.59 Å². The smallest absolute Gasteiger partial charge is 0.328 e. The number of benzene rings is 2. The van der Waals surface area contributed by atoms with Gasteiger partial charge in [0, 0.05) is 12.1 Å². The zero-order valence-electron chi connectivity index (χ0n) is 22.1. The molecule has 1 unspecified atom stereocenters. The molecule has 200 valence electrons. The number of Topliss-reactive ketones (excluding diaryl/α,β-unsaturated/α-hetero) is 1. The zero-order valence-corrected chi connectivity index (χ0v) is 22.1. The summed E-state index contributed by atoms with van der Waals surface area (Å²) in [4.78, 5) is 41.2. The molecule has 3 rings (SSSR count). The van der Waals surface area contributed by atoms with Crippen molar-refractivity contribution in [3.8, 4) is 23.0 Å². The predicted octanol–water partition coefficient (Wildman–Crippen LogP) is 4.02. The summed E-state index contributed by atoms with van der Waals surface area (Å²) in [6.07, 6.45) is 2.54. The largest absolute Gasteiger partial charge is 0.497 e. The number of piperidine rings is 1. The Balaban J connectivity index is 1.88. The molecule has 9 heteroatoms. The zero-order chi connectivity index (χ0) is 26.9. The van der Waals surface area contributed by atoms with Crippen LogP contribution in [0, 0.1) is 0 Å². The van der Waals surface area contributed by atoms with Gasteiger partial charge >= 0.3 is 5.97 Å². The van der Waals surface area contributed by atoms with Crippen molar-refractivity contribution < 1.29 is 38.1 Å². The fourth-order valence-corrected chi connectivity index (χ4v) is 4.49. The van der Waals surface area contributed by atoms with E-state index < -0.39 is 23.7 Å². The topological polar surface area (TPSA) is 101 Å². The van der Waals surface area contributed by atoms with Crippen LogP contribution in [0.4, 0.5) is 0 Å². The number of carbonyl (C=O) groups is 3. The van der Waals surface area contributed by atoms with Gasteiger partial charge < -0.3 is 28.6 Å². The average molecular weight is 514 g/mol. The number of nitrogens with zero attached hydrogens (tertiary/aromatic N) is 1. The molecule has 2 aromatic carbocycles. The second-order valence-electron chi connectivity index (χ2n) is 8.77. The quantitative estimate of drug-likeness (QED) is 0.192. The van der Waals surface area contributed by atoms with Crippen molar-refractivity contribution in [3.63, 3.8) is 0 Å². The van der Waals surface area contributed by atoms with Gasteiger partial charge in [0.15, 0.2) is 11.5 Å². The highest BCUT2D eigenvalue weighted by Gasteiger charge is 2.40. The molecular formula is C28H35NO8. The number of ketones is 1. The monoisotopic (exact) mass is 513 g/mol. The van der Waals surface area contributed by atoms with E-state index in [0.717, 1.165) is 24.2 Å². The van der Waals surface area contributed by atoms with Gasteiger partial charge in [-0.05, 0) is 55.0 Å². The molecule has 1 aliphatic heterocycles. The fraction of sp³-hybridized carbons (Fsp3) is 0.464. The minimum atomic E-state index is -0.879. The molecule has 0 bridgehead atoms. The maximum atomic E-state index is 13.5. The standard InChI is InChI=1S/C28H35NO8/c1-6-7-14-37-28(32)22-15-19(18-8-10-21(33-2)11-9-18)12-13-29(22)27(31)25(30)20-16-23(34-3)26(36-5)24(17-20)35-4/h8-11,16-17,19,22H,6-7,12-15H2,1-5H3/t19?,22-/m0/s1. The number of esters is 1. The molecule has 0 N–H and O–H groups in total. The van der Waals surface area contributed by atoms with Crippen LogP contribution < -0.4 is 18.9 Å². The predicted molar refractivity (Wildman–Crippen MR) is 137 cm³/mol. The highest BCUT2D eigenvalue weighted by molar-refractivity contribution is 6.43. The number of ether oxygens (including phenoxy) is 5. The van der Waals surface area contributed by atoms with Crippen LogP contribution in [0.1, 0.15) is 54.4 Å². The van der Waals surface area contributed by atoms with Crippen LogP contribution in [-0.4, -0.2) is 70.2 Å². The first kappa shape index (κ1) is 27.8. The summed E-state index contributed by atoms with van der Waals surface area (Å²) in [5, 5.41) is 0. The molecule has 0 spiro atoms. The Bertz CT molecular complexity index is 1070. The van der Waals surface area contributed by atoms with Crippen molar-refractivity contribution in [2.24, 2.45) is 0 Å². The van der Waals surface area contributed by atoms with Crippen LogP contribution in [0.15, 0.2) is 36.4 Å². The van der Waals surface area contributed by atoms with Gasteiger partial charge in [0.25, 0.3) is 11.7 Å². The summed E-state index contributed by atoms with van der Waals surface area (Å²) in [7, 11) is 5.92. The molecule has 1 aliphatic rings. The SMILES string of the molecule is CCCCOC(=O)[C@@H]1CC(c2ccc(OC)cc2)CCN1C(=O)C(=O)c1cc(OC)c(OC)c(OC)c1. The Kier molecular flexibility index (Phi) is 9.77. The first-order valence-electron chi connectivity index (χ1n) is 12.3. The van der Waals surface area contributed by atoms with E-state index in [4.69, 9.17) is 23.7 Å². The van der Waals surface area contributed by atoms with Crippen molar-refractivity contribution in [2.45, 2.75) is 44.6 Å². The minimum absolute atomic E-state index is 0.0231. The Labute approximate surface area is 217 Å². The summed E-state index contributed by atoms with van der Waals surface area (Å²) in [5.41, 5.74) is 1.12. The van der Waals surface area contributed by atoms with Gasteiger partial charge in [-0.2, -0.15) is 0 Å². The van der Waals surface area contributed by atoms with Gasteiger partial charge in [-0.1, -0.05) is 25.5 Å². The highest BCUT2D eigenvalue weighted by Crippen LogP contribution is 2.39. The second-order valence-corrected chi connectivity index (χ2v) is 8.77. The van der Waals surface area contributed by atoms with E-state index >= 15 is 0 Å². The number of amides is 1. The second kappa shape index (κ2) is 13.0. The average Bonchev–Trinajstić information content (AvgIpc) is 2.95. The molecule has 1 heterocycles. The number of rotatable bonds is 11. The van der Waals surface area contributed by atoms with E-state index in [1.807, 2.05) is 31.2 Å². The number of hydrogen-bond donors (Lipinski definition) is 0. The van der Waals surface area contributed by atoms with Gasteiger partial charge in [0.05, 0.1) is 35.0 Å². The van der Waals surface area contributed by atoms with Crippen molar-refractivity contribution >= 4 is 17.7 Å². The molecule has 37 heavy (non-hydrogen) atoms. The number of methoxy groups -OCH3 is 4. The molecule has 0 aliphatic carbocycles. The van der Waals surface area contributed by atoms with Crippen LogP contribution in [0.5, 0.6) is 23.0 Å². The van der Waals surface area contributed by atoms with Crippen molar-refractivity contribution in [1.29, 1.82) is 0 Å². The van der Waals surface area contributed by atoms with Crippen molar-refractivity contribution in [3.05, 3.63) is 47.5 Å². The molecule has 1 saturated heterocycles. The molecule has 0 aromatic heterocycles. The third kappa shape index (κ3) is 6.34. The first-order chi connectivity index (χ1) is 17.9. The Morgan fingerprint density at radius 1 is 0.919 bits per heavy atom. The van der Waals surface area contributed by atoms with E-state index in [0.29, 0.717) is 18.6 Å². The number of carbonyl (C=O) groups excluding carboxylic acids is 3. The van der Waals surface area contributed by atoms with E-state index in [-0.39, 0.29) is 36.1 Å². The van der Waals surface area contributed by atoms with E-state index in [2.05, 4.69) is 0 Å². The van der Waals surface area contributed by atoms with Crippen LogP contribution in [-0.2, 0) is 14.3 Å². The van der Waals surface area contributed by atoms with E-state index in [9.17, 15) is 14.4 Å². The maximum absolute atomic E-state index is 13.5. The summed E-state index contributed by atoms with van der Waals surface area (Å²) in [6, 6.07) is 9.64. The van der Waals surface area contributed by atoms with Crippen LogP contribution in [0.3, 0.4) is 0 Å². The van der Waals surface area contributed by atoms with E-state index in [1.54, 1.807) is 7.11 Å². The lowest BCUT2D eigenvalue weighted by atomic mass is 9.85. The third-order valence-electron chi connectivity index (χ3n) is 6.59. The van der Waals surface area contributed by atoms with Crippen LogP contribution >= 0.6 is 0 Å². The Morgan fingerprint density at radius 3 is 2.11 bits per heavy atom. The lowest BCUT2D eigenvalue weighted by molar-refractivity contribution is -0.156. The lowest BCUT2D eigenvalue weighted by Crippen LogP contribution is -2.52. The summed E-state index contributed by atoms with van der Waals surface area (Å²) in [5.74, 6) is -0.464. The Hall–Kier alpha value is -3.75. The Morgan fingerprint density at radius 2 is 1.57 bits per heavy atom. The summed E-state index contributed by atoms with van der Waals surface area (Å²) in [6.45, 7) is 2.50. The van der Waals surface area contributed by atoms with Gasteiger partial charge in [-0.25, -0.2) is 4.79 Å². The molecule has 0 saturated carbocycles. The fourth-order valence-electron chi connectivity index (χ4n) is 4.49. The van der Waals surface area contributed by atoms with Crippen molar-refractivity contribution in [2.75, 3.05) is 41.6 Å². The first-order valence-corrected chi connectivity index (χ1v) is 12.3. The normalized spacial score (nSPS) is 17.1. The summed E-state index contributed by atoms with van der Waals surface area (Å²) < 4.78 is 26.7. The van der Waals surface area contributed by atoms with Gasteiger partial charge in [0.1, 0.15) is 11.8 Å². The number of hydrogen-bond acceptors (Lipinski definition) is 8. The molecule has 2 atom stereocenters. The molecule has 1 fully saturated rings. The molecule has 0 radical (unpaired) electrons. The number of likely N-dealkylation sites (tertiary alicyclic amines) is 1. The molecule has 1 amide bonds. The lowest BCUT2D eigenvalue weighted by Gasteiger charge is -2.38.